The highest BCUT2D eigenvalue weighted by Gasteiger charge is 2.29. The van der Waals surface area contributed by atoms with Crippen molar-refractivity contribution in [2.75, 3.05) is 47.4 Å². The number of hydrogen-bond acceptors (Lipinski definition) is 5. The SMILES string of the molecule is COc1ccc(C(CN)N2CCN(C)C(C)C2)c(Cl)c1OC. The van der Waals surface area contributed by atoms with E-state index in [0.29, 0.717) is 29.1 Å². The summed E-state index contributed by atoms with van der Waals surface area (Å²) in [5, 5.41) is 0.587. The molecule has 1 aromatic rings. The summed E-state index contributed by atoms with van der Waals surface area (Å²) in [4.78, 5) is 4.76. The zero-order valence-corrected chi connectivity index (χ0v) is 14.6. The van der Waals surface area contributed by atoms with Crippen LogP contribution >= 0.6 is 11.6 Å². The van der Waals surface area contributed by atoms with E-state index in [4.69, 9.17) is 26.8 Å². The third-order valence-corrected chi connectivity index (χ3v) is 4.92. The Labute approximate surface area is 137 Å². The van der Waals surface area contributed by atoms with Crippen molar-refractivity contribution in [1.29, 1.82) is 0 Å². The number of methoxy groups -OCH3 is 2. The third-order valence-electron chi connectivity index (χ3n) is 4.53. The lowest BCUT2D eigenvalue weighted by Gasteiger charge is -2.42. The molecule has 0 aliphatic carbocycles. The first-order chi connectivity index (χ1) is 10.5. The van der Waals surface area contributed by atoms with Crippen LogP contribution in [0.2, 0.25) is 5.02 Å². The normalized spacial score (nSPS) is 21.6. The average Bonchev–Trinajstić information content (AvgIpc) is 2.52. The molecule has 124 valence electrons. The molecular weight excluding hydrogens is 302 g/mol. The minimum absolute atomic E-state index is 0.0865. The van der Waals surface area contributed by atoms with Gasteiger partial charge in [0.15, 0.2) is 11.5 Å². The Hall–Kier alpha value is -1.01. The second kappa shape index (κ2) is 7.51. The van der Waals surface area contributed by atoms with Crippen molar-refractivity contribution in [1.82, 2.24) is 9.80 Å². The van der Waals surface area contributed by atoms with Crippen molar-refractivity contribution >= 4 is 11.6 Å². The summed E-state index contributed by atoms with van der Waals surface area (Å²) >= 11 is 6.55. The van der Waals surface area contributed by atoms with Crippen molar-refractivity contribution in [3.8, 4) is 11.5 Å². The first kappa shape index (κ1) is 17.3. The molecule has 0 bridgehead atoms. The van der Waals surface area contributed by atoms with E-state index in [1.807, 2.05) is 12.1 Å². The van der Waals surface area contributed by atoms with Gasteiger partial charge in [-0.25, -0.2) is 0 Å². The highest BCUT2D eigenvalue weighted by molar-refractivity contribution is 6.33. The molecule has 0 radical (unpaired) electrons. The van der Waals surface area contributed by atoms with E-state index < -0.39 is 0 Å². The second-order valence-electron chi connectivity index (χ2n) is 5.78. The van der Waals surface area contributed by atoms with Gasteiger partial charge in [0.2, 0.25) is 0 Å². The summed E-state index contributed by atoms with van der Waals surface area (Å²) in [6, 6.07) is 4.47. The molecule has 22 heavy (non-hydrogen) atoms. The number of ether oxygens (including phenoxy) is 2. The fourth-order valence-electron chi connectivity index (χ4n) is 2.99. The topological polar surface area (TPSA) is 51.0 Å². The van der Waals surface area contributed by atoms with Crippen molar-refractivity contribution in [2.45, 2.75) is 19.0 Å². The molecule has 2 atom stereocenters. The molecule has 1 aliphatic heterocycles. The van der Waals surface area contributed by atoms with Crippen LogP contribution in [0.3, 0.4) is 0 Å². The number of piperazine rings is 1. The lowest BCUT2D eigenvalue weighted by atomic mass is 10.0. The Balaban J connectivity index is 2.31. The van der Waals surface area contributed by atoms with Crippen LogP contribution in [-0.2, 0) is 0 Å². The Morgan fingerprint density at radius 3 is 2.59 bits per heavy atom. The van der Waals surface area contributed by atoms with E-state index in [2.05, 4.69) is 23.8 Å². The molecule has 1 heterocycles. The van der Waals surface area contributed by atoms with Gasteiger partial charge in [0.25, 0.3) is 0 Å². The van der Waals surface area contributed by atoms with Crippen LogP contribution in [0.4, 0.5) is 0 Å². The molecule has 1 saturated heterocycles. The van der Waals surface area contributed by atoms with Crippen LogP contribution in [0.5, 0.6) is 11.5 Å². The predicted octanol–water partition coefficient (Wildman–Crippen LogP) is 1.99. The van der Waals surface area contributed by atoms with Gasteiger partial charge in [-0.1, -0.05) is 17.7 Å². The van der Waals surface area contributed by atoms with Crippen LogP contribution in [0, 0.1) is 0 Å². The van der Waals surface area contributed by atoms with E-state index in [0.717, 1.165) is 25.2 Å². The van der Waals surface area contributed by atoms with Crippen LogP contribution < -0.4 is 15.2 Å². The molecule has 0 aromatic heterocycles. The van der Waals surface area contributed by atoms with Gasteiger partial charge < -0.3 is 20.1 Å². The molecule has 5 nitrogen and oxygen atoms in total. The molecular formula is C16H26ClN3O2. The van der Waals surface area contributed by atoms with Gasteiger partial charge in [-0.3, -0.25) is 4.90 Å². The van der Waals surface area contributed by atoms with Crippen molar-refractivity contribution < 1.29 is 9.47 Å². The minimum Gasteiger partial charge on any atom is -0.493 e. The summed E-state index contributed by atoms with van der Waals surface area (Å²) in [5.41, 5.74) is 7.06. The summed E-state index contributed by atoms with van der Waals surface area (Å²) in [6.07, 6.45) is 0. The first-order valence-corrected chi connectivity index (χ1v) is 7.96. The number of rotatable bonds is 5. The Kier molecular flexibility index (Phi) is 5.92. The number of halogens is 1. The van der Waals surface area contributed by atoms with Crippen LogP contribution in [-0.4, -0.2) is 63.3 Å². The van der Waals surface area contributed by atoms with Gasteiger partial charge in [-0.05, 0) is 25.6 Å². The fraction of sp³-hybridized carbons (Fsp3) is 0.625. The van der Waals surface area contributed by atoms with E-state index in [1.54, 1.807) is 14.2 Å². The highest BCUT2D eigenvalue weighted by Crippen LogP contribution is 2.41. The maximum atomic E-state index is 6.55. The molecule has 2 unspecified atom stereocenters. The maximum absolute atomic E-state index is 6.55. The molecule has 0 saturated carbocycles. The highest BCUT2D eigenvalue weighted by atomic mass is 35.5. The Bertz CT molecular complexity index is 512. The lowest BCUT2D eigenvalue weighted by Crippen LogP contribution is -2.52. The maximum Gasteiger partial charge on any atom is 0.179 e. The number of nitrogens with two attached hydrogens (primary N) is 1. The fourth-order valence-corrected chi connectivity index (χ4v) is 3.35. The zero-order valence-electron chi connectivity index (χ0n) is 13.8. The molecule has 1 aliphatic rings. The number of benzene rings is 1. The first-order valence-electron chi connectivity index (χ1n) is 7.58. The summed E-state index contributed by atoms with van der Waals surface area (Å²) in [5.74, 6) is 1.21. The van der Waals surface area contributed by atoms with Gasteiger partial charge >= 0.3 is 0 Å². The van der Waals surface area contributed by atoms with Gasteiger partial charge in [-0.15, -0.1) is 0 Å². The summed E-state index contributed by atoms with van der Waals surface area (Å²) < 4.78 is 10.7. The molecule has 0 amide bonds. The number of likely N-dealkylation sites (N-methyl/N-ethyl adjacent to an activating group) is 1. The monoisotopic (exact) mass is 327 g/mol. The molecule has 2 rings (SSSR count). The summed E-state index contributed by atoms with van der Waals surface area (Å²) in [6.45, 7) is 5.74. The molecule has 1 aromatic carbocycles. The average molecular weight is 328 g/mol. The molecule has 2 N–H and O–H groups in total. The summed E-state index contributed by atoms with van der Waals surface area (Å²) in [7, 11) is 5.36. The molecule has 6 heteroatoms. The largest absolute Gasteiger partial charge is 0.493 e. The van der Waals surface area contributed by atoms with Crippen LogP contribution in [0.15, 0.2) is 12.1 Å². The standard InChI is InChI=1S/C16H26ClN3O2/c1-11-10-20(8-7-19(11)2)13(9-18)12-5-6-14(21-3)16(22-4)15(12)17/h5-6,11,13H,7-10,18H2,1-4H3. The van der Waals surface area contributed by atoms with Gasteiger partial charge in [-0.2, -0.15) is 0 Å². The Morgan fingerprint density at radius 1 is 1.32 bits per heavy atom. The van der Waals surface area contributed by atoms with Gasteiger partial charge in [0.1, 0.15) is 0 Å². The lowest BCUT2D eigenvalue weighted by molar-refractivity contribution is 0.0740. The number of nitrogens with zero attached hydrogens (tertiary/aromatic N) is 2. The van der Waals surface area contributed by atoms with E-state index in [9.17, 15) is 0 Å². The second-order valence-corrected chi connectivity index (χ2v) is 6.16. The molecule has 1 fully saturated rings. The van der Waals surface area contributed by atoms with Crippen molar-refractivity contribution in [3.63, 3.8) is 0 Å². The number of hydrogen-bond donors (Lipinski definition) is 1. The van der Waals surface area contributed by atoms with E-state index in [1.165, 1.54) is 0 Å². The smallest absolute Gasteiger partial charge is 0.179 e. The zero-order chi connectivity index (χ0) is 16.3. The quantitative estimate of drug-likeness (QED) is 0.896. The van der Waals surface area contributed by atoms with E-state index >= 15 is 0 Å². The van der Waals surface area contributed by atoms with Crippen molar-refractivity contribution in [3.05, 3.63) is 22.7 Å². The predicted molar refractivity (Wildman–Crippen MR) is 90.0 cm³/mol. The van der Waals surface area contributed by atoms with E-state index in [-0.39, 0.29) is 6.04 Å². The van der Waals surface area contributed by atoms with Crippen LogP contribution in [0.1, 0.15) is 18.5 Å². The van der Waals surface area contributed by atoms with Gasteiger partial charge in [0, 0.05) is 38.3 Å². The Morgan fingerprint density at radius 2 is 2.05 bits per heavy atom. The minimum atomic E-state index is 0.0865. The van der Waals surface area contributed by atoms with Crippen molar-refractivity contribution in [2.24, 2.45) is 5.73 Å². The third kappa shape index (κ3) is 3.33. The van der Waals surface area contributed by atoms with Crippen LogP contribution in [0.25, 0.3) is 0 Å². The molecule has 0 spiro atoms. The van der Waals surface area contributed by atoms with Gasteiger partial charge in [0.05, 0.1) is 19.2 Å².